The van der Waals surface area contributed by atoms with Crippen molar-refractivity contribution in [1.29, 1.82) is 5.26 Å². The Morgan fingerprint density at radius 2 is 1.00 bits per heavy atom. The van der Waals surface area contributed by atoms with Gasteiger partial charge < -0.3 is 9.13 Å². The van der Waals surface area contributed by atoms with Crippen LogP contribution in [-0.2, 0) is 0 Å². The van der Waals surface area contributed by atoms with Gasteiger partial charge in [0.1, 0.15) is 0 Å². The first-order valence-electron chi connectivity index (χ1n) is 15.8. The van der Waals surface area contributed by atoms with Gasteiger partial charge in [-0.3, -0.25) is 0 Å². The summed E-state index contributed by atoms with van der Waals surface area (Å²) in [5.74, 6) is 0. The summed E-state index contributed by atoms with van der Waals surface area (Å²) in [5, 5.41) is 17.6. The number of para-hydroxylation sites is 3. The van der Waals surface area contributed by atoms with Crippen molar-refractivity contribution >= 4 is 75.1 Å². The summed E-state index contributed by atoms with van der Waals surface area (Å²) in [7, 11) is 0. The first-order chi connectivity index (χ1) is 23.3. The number of fused-ring (bicyclic) bond motifs is 10. The molecular formula is C43H25N3S. The average molecular weight is 616 g/mol. The van der Waals surface area contributed by atoms with Crippen molar-refractivity contribution in [2.24, 2.45) is 0 Å². The van der Waals surface area contributed by atoms with E-state index in [-0.39, 0.29) is 0 Å². The Morgan fingerprint density at radius 1 is 0.468 bits per heavy atom. The molecule has 0 N–H and O–H groups in total. The van der Waals surface area contributed by atoms with E-state index in [1.807, 2.05) is 29.5 Å². The molecule has 0 unspecified atom stereocenters. The summed E-state index contributed by atoms with van der Waals surface area (Å²) in [6.45, 7) is 0. The smallest absolute Gasteiger partial charge is 0.0998 e. The van der Waals surface area contributed by atoms with Crippen molar-refractivity contribution in [3.05, 3.63) is 157 Å². The molecular weight excluding hydrogens is 591 g/mol. The maximum absolute atomic E-state index is 10.2. The van der Waals surface area contributed by atoms with Gasteiger partial charge in [-0.1, -0.05) is 103 Å². The van der Waals surface area contributed by atoms with Gasteiger partial charge in [0.15, 0.2) is 0 Å². The lowest BCUT2D eigenvalue weighted by Gasteiger charge is -2.16. The molecule has 0 aliphatic rings. The van der Waals surface area contributed by atoms with Crippen LogP contribution in [0.2, 0.25) is 0 Å². The Labute approximate surface area is 274 Å². The predicted octanol–water partition coefficient (Wildman–Crippen LogP) is 11.8. The molecule has 3 aromatic heterocycles. The summed E-state index contributed by atoms with van der Waals surface area (Å²) in [4.78, 5) is 0. The van der Waals surface area contributed by atoms with Gasteiger partial charge in [-0.2, -0.15) is 5.26 Å². The lowest BCUT2D eigenvalue weighted by Crippen LogP contribution is -2.00. The fraction of sp³-hybridized carbons (Fsp3) is 0. The zero-order valence-electron chi connectivity index (χ0n) is 25.2. The van der Waals surface area contributed by atoms with Crippen LogP contribution in [-0.4, -0.2) is 9.13 Å². The van der Waals surface area contributed by atoms with Crippen molar-refractivity contribution in [2.75, 3.05) is 0 Å². The molecule has 0 spiro atoms. The molecule has 3 heterocycles. The summed E-state index contributed by atoms with van der Waals surface area (Å²) in [6, 6.07) is 56.4. The van der Waals surface area contributed by atoms with Crippen LogP contribution >= 0.6 is 11.3 Å². The highest BCUT2D eigenvalue weighted by molar-refractivity contribution is 7.26. The molecule has 0 atom stereocenters. The first kappa shape index (κ1) is 26.1. The average Bonchev–Trinajstić information content (AvgIpc) is 3.79. The molecule has 4 heteroatoms. The minimum atomic E-state index is 0.659. The van der Waals surface area contributed by atoms with E-state index in [1.54, 1.807) is 0 Å². The Hall–Kier alpha value is -6.15. The van der Waals surface area contributed by atoms with Gasteiger partial charge in [-0.05, 0) is 59.7 Å². The van der Waals surface area contributed by atoms with E-state index in [9.17, 15) is 5.26 Å². The second-order valence-corrected chi connectivity index (χ2v) is 13.1. The first-order valence-corrected chi connectivity index (χ1v) is 16.6. The molecule has 10 rings (SSSR count). The summed E-state index contributed by atoms with van der Waals surface area (Å²) in [6.07, 6.45) is 0. The van der Waals surface area contributed by atoms with Crippen LogP contribution in [0.1, 0.15) is 5.56 Å². The number of hydrogen-bond acceptors (Lipinski definition) is 2. The highest BCUT2D eigenvalue weighted by Crippen LogP contribution is 2.44. The number of thiophene rings is 1. The van der Waals surface area contributed by atoms with E-state index in [0.29, 0.717) is 5.56 Å². The molecule has 3 nitrogen and oxygen atoms in total. The Kier molecular flexibility index (Phi) is 5.51. The normalized spacial score (nSPS) is 11.8. The lowest BCUT2D eigenvalue weighted by molar-refractivity contribution is 1.14. The Bertz CT molecular complexity index is 2880. The van der Waals surface area contributed by atoms with Gasteiger partial charge in [0.25, 0.3) is 0 Å². The minimum absolute atomic E-state index is 0.659. The standard InChI is InChI=1S/C43H25N3S/c44-26-27-11-1-2-12-31(27)28-23-29(45-38-17-7-3-13-32(38)33-14-4-8-18-39(33)45)25-30(24-28)46-40-19-9-5-15-34(40)36-21-22-37-35-16-6-10-20-41(35)47-43(37)42(36)46/h1-25H. The lowest BCUT2D eigenvalue weighted by atomic mass is 9.99. The molecule has 0 bridgehead atoms. The van der Waals surface area contributed by atoms with Gasteiger partial charge in [0, 0.05) is 48.4 Å². The van der Waals surface area contributed by atoms with Crippen molar-refractivity contribution < 1.29 is 0 Å². The second-order valence-electron chi connectivity index (χ2n) is 12.1. The maximum Gasteiger partial charge on any atom is 0.0998 e. The van der Waals surface area contributed by atoms with Crippen LogP contribution in [0.3, 0.4) is 0 Å². The number of rotatable bonds is 3. The van der Waals surface area contributed by atoms with E-state index in [1.165, 1.54) is 47.2 Å². The van der Waals surface area contributed by atoms with E-state index < -0.39 is 0 Å². The van der Waals surface area contributed by atoms with E-state index in [4.69, 9.17) is 0 Å². The van der Waals surface area contributed by atoms with Crippen LogP contribution in [0.25, 0.3) is 86.3 Å². The molecule has 0 saturated heterocycles. The van der Waals surface area contributed by atoms with Crippen LogP contribution < -0.4 is 0 Å². The number of nitriles is 1. The summed E-state index contributed by atoms with van der Waals surface area (Å²) >= 11 is 1.86. The van der Waals surface area contributed by atoms with Gasteiger partial charge in [0.05, 0.1) is 38.4 Å². The fourth-order valence-corrected chi connectivity index (χ4v) is 8.78. The molecule has 0 amide bonds. The third-order valence-corrected chi connectivity index (χ3v) is 10.7. The van der Waals surface area contributed by atoms with Crippen molar-refractivity contribution in [2.45, 2.75) is 0 Å². The van der Waals surface area contributed by atoms with Crippen LogP contribution in [0.15, 0.2) is 152 Å². The SMILES string of the molecule is N#Cc1ccccc1-c1cc(-n2c3ccccc3c3ccccc32)cc(-n2c3ccccc3c3ccc4c5ccccc5sc4c32)c1. The third-order valence-electron chi connectivity index (χ3n) is 9.54. The van der Waals surface area contributed by atoms with Gasteiger partial charge in [0.2, 0.25) is 0 Å². The molecule has 7 aromatic carbocycles. The fourth-order valence-electron chi connectivity index (χ4n) is 7.54. The topological polar surface area (TPSA) is 33.6 Å². The van der Waals surface area contributed by atoms with Gasteiger partial charge >= 0.3 is 0 Å². The zero-order valence-corrected chi connectivity index (χ0v) is 26.0. The van der Waals surface area contributed by atoms with Crippen LogP contribution in [0.4, 0.5) is 0 Å². The summed E-state index contributed by atoms with van der Waals surface area (Å²) < 4.78 is 7.38. The Morgan fingerprint density at radius 3 is 1.70 bits per heavy atom. The number of aromatic nitrogens is 2. The highest BCUT2D eigenvalue weighted by atomic mass is 32.1. The molecule has 0 radical (unpaired) electrons. The largest absolute Gasteiger partial charge is 0.309 e. The van der Waals surface area contributed by atoms with E-state index in [0.717, 1.165) is 39.1 Å². The van der Waals surface area contributed by atoms with Crippen LogP contribution in [0, 0.1) is 11.3 Å². The van der Waals surface area contributed by atoms with E-state index >= 15 is 0 Å². The molecule has 218 valence electrons. The molecule has 0 fully saturated rings. The van der Waals surface area contributed by atoms with E-state index in [2.05, 4.69) is 149 Å². The Balaban J connectivity index is 1.38. The third kappa shape index (κ3) is 3.72. The van der Waals surface area contributed by atoms with Gasteiger partial charge in [-0.15, -0.1) is 11.3 Å². The second kappa shape index (κ2) is 9.92. The van der Waals surface area contributed by atoms with Crippen molar-refractivity contribution in [1.82, 2.24) is 9.13 Å². The molecule has 10 aromatic rings. The number of hydrogen-bond donors (Lipinski definition) is 0. The molecule has 0 saturated carbocycles. The monoisotopic (exact) mass is 615 g/mol. The summed E-state index contributed by atoms with van der Waals surface area (Å²) in [5.41, 5.74) is 9.37. The molecule has 0 aliphatic carbocycles. The van der Waals surface area contributed by atoms with Crippen molar-refractivity contribution in [3.8, 4) is 28.6 Å². The van der Waals surface area contributed by atoms with Crippen LogP contribution in [0.5, 0.6) is 0 Å². The van der Waals surface area contributed by atoms with Crippen molar-refractivity contribution in [3.63, 3.8) is 0 Å². The number of benzene rings is 7. The quantitative estimate of drug-likeness (QED) is 0.195. The molecule has 0 aliphatic heterocycles. The van der Waals surface area contributed by atoms with Gasteiger partial charge in [-0.25, -0.2) is 0 Å². The minimum Gasteiger partial charge on any atom is -0.309 e. The highest BCUT2D eigenvalue weighted by Gasteiger charge is 2.20. The maximum atomic E-state index is 10.2. The molecule has 47 heavy (non-hydrogen) atoms. The zero-order chi connectivity index (χ0) is 31.1. The number of nitrogens with zero attached hydrogens (tertiary/aromatic N) is 3. The predicted molar refractivity (Wildman–Crippen MR) is 198 cm³/mol.